The monoisotopic (exact) mass is 214 g/mol. The summed E-state index contributed by atoms with van der Waals surface area (Å²) in [6.07, 6.45) is 1.95. The van der Waals surface area contributed by atoms with Crippen LogP contribution in [0.25, 0.3) is 0 Å². The molecule has 0 fully saturated rings. The van der Waals surface area contributed by atoms with E-state index in [-0.39, 0.29) is 17.0 Å². The first kappa shape index (κ1) is 14.4. The number of amides is 1. The van der Waals surface area contributed by atoms with Gasteiger partial charge in [-0.3, -0.25) is 4.79 Å². The maximum atomic E-state index is 11.6. The van der Waals surface area contributed by atoms with Crippen molar-refractivity contribution in [2.75, 3.05) is 6.54 Å². The van der Waals surface area contributed by atoms with Crippen molar-refractivity contribution in [3.05, 3.63) is 0 Å². The Balaban J connectivity index is 3.96. The van der Waals surface area contributed by atoms with E-state index in [0.29, 0.717) is 6.54 Å². The van der Waals surface area contributed by atoms with Crippen molar-refractivity contribution in [2.24, 2.45) is 0 Å². The molecule has 2 N–H and O–H groups in total. The number of rotatable bonds is 6. The summed E-state index contributed by atoms with van der Waals surface area (Å²) in [6, 6.07) is 0. The van der Waals surface area contributed by atoms with Crippen LogP contribution in [0.5, 0.6) is 0 Å². The average Bonchev–Trinajstić information content (AvgIpc) is 2.15. The second-order valence-corrected chi connectivity index (χ2v) is 5.38. The maximum Gasteiger partial charge on any atom is 0.234 e. The second-order valence-electron chi connectivity index (χ2n) is 5.38. The Morgan fingerprint density at radius 1 is 1.00 bits per heavy atom. The lowest BCUT2D eigenvalue weighted by atomic mass is 10.0. The Bertz CT molecular complexity index is 210. The van der Waals surface area contributed by atoms with Crippen LogP contribution in [0, 0.1) is 0 Å². The Morgan fingerprint density at radius 3 is 1.87 bits per heavy atom. The van der Waals surface area contributed by atoms with Crippen LogP contribution < -0.4 is 10.6 Å². The normalized spacial score (nSPS) is 12.7. The molecule has 0 atom stereocenters. The van der Waals surface area contributed by atoms with E-state index >= 15 is 0 Å². The molecule has 0 spiro atoms. The van der Waals surface area contributed by atoms with E-state index in [0.717, 1.165) is 12.8 Å². The van der Waals surface area contributed by atoms with Crippen LogP contribution in [0.15, 0.2) is 0 Å². The molecule has 3 nitrogen and oxygen atoms in total. The van der Waals surface area contributed by atoms with E-state index < -0.39 is 0 Å². The average molecular weight is 214 g/mol. The number of carbonyl (C=O) groups is 1. The minimum absolute atomic E-state index is 0.0354. The van der Waals surface area contributed by atoms with Crippen LogP contribution >= 0.6 is 0 Å². The highest BCUT2D eigenvalue weighted by atomic mass is 16.2. The van der Waals surface area contributed by atoms with Gasteiger partial charge in [0.2, 0.25) is 5.91 Å². The number of nitrogens with one attached hydrogen (secondary N) is 2. The SMILES string of the molecule is CCC(C)(C)NCC(=O)NC(C)(C)CC. The van der Waals surface area contributed by atoms with Crippen LogP contribution in [0.2, 0.25) is 0 Å². The zero-order valence-corrected chi connectivity index (χ0v) is 11.0. The van der Waals surface area contributed by atoms with Crippen LogP contribution in [-0.2, 0) is 4.79 Å². The summed E-state index contributed by atoms with van der Waals surface area (Å²) in [7, 11) is 0. The van der Waals surface area contributed by atoms with Gasteiger partial charge in [-0.15, -0.1) is 0 Å². The van der Waals surface area contributed by atoms with Crippen LogP contribution in [-0.4, -0.2) is 23.5 Å². The molecule has 0 aromatic heterocycles. The van der Waals surface area contributed by atoms with Crippen LogP contribution in [0.1, 0.15) is 54.4 Å². The summed E-state index contributed by atoms with van der Waals surface area (Å²) in [4.78, 5) is 11.6. The molecule has 0 aromatic rings. The van der Waals surface area contributed by atoms with E-state index in [2.05, 4.69) is 38.3 Å². The smallest absolute Gasteiger partial charge is 0.234 e. The Hall–Kier alpha value is -0.570. The lowest BCUT2D eigenvalue weighted by molar-refractivity contribution is -0.122. The molecule has 0 rings (SSSR count). The van der Waals surface area contributed by atoms with Crippen LogP contribution in [0.4, 0.5) is 0 Å². The Kier molecular flexibility index (Phi) is 5.29. The lowest BCUT2D eigenvalue weighted by Gasteiger charge is -2.28. The standard InChI is InChI=1S/C12H26N2O/c1-7-11(3,4)13-9-10(15)14-12(5,6)8-2/h13H,7-9H2,1-6H3,(H,14,15). The molecule has 0 aliphatic heterocycles. The molecule has 15 heavy (non-hydrogen) atoms. The van der Waals surface area contributed by atoms with E-state index in [1.165, 1.54) is 0 Å². The van der Waals surface area contributed by atoms with Gasteiger partial charge in [0, 0.05) is 11.1 Å². The molecule has 0 aromatic carbocycles. The summed E-state index contributed by atoms with van der Waals surface area (Å²) in [5.74, 6) is 0.0726. The fraction of sp³-hybridized carbons (Fsp3) is 0.917. The van der Waals surface area contributed by atoms with Gasteiger partial charge in [0.05, 0.1) is 6.54 Å². The van der Waals surface area contributed by atoms with Crippen molar-refractivity contribution in [3.8, 4) is 0 Å². The first-order chi connectivity index (χ1) is 6.72. The van der Waals surface area contributed by atoms with Gasteiger partial charge in [-0.05, 0) is 40.5 Å². The molecule has 1 amide bonds. The van der Waals surface area contributed by atoms with Crippen molar-refractivity contribution in [1.29, 1.82) is 0 Å². The summed E-state index contributed by atoms with van der Waals surface area (Å²) in [6.45, 7) is 12.9. The summed E-state index contributed by atoms with van der Waals surface area (Å²) >= 11 is 0. The molecule has 3 heteroatoms. The molecule has 0 aliphatic carbocycles. The van der Waals surface area contributed by atoms with Gasteiger partial charge >= 0.3 is 0 Å². The summed E-state index contributed by atoms with van der Waals surface area (Å²) in [5.41, 5.74) is -0.0666. The number of carbonyl (C=O) groups excluding carboxylic acids is 1. The van der Waals surface area contributed by atoms with Crippen molar-refractivity contribution >= 4 is 5.91 Å². The van der Waals surface area contributed by atoms with Crippen LogP contribution in [0.3, 0.4) is 0 Å². The third-order valence-electron chi connectivity index (χ3n) is 2.97. The van der Waals surface area contributed by atoms with Crippen molar-refractivity contribution in [2.45, 2.75) is 65.5 Å². The quantitative estimate of drug-likeness (QED) is 0.710. The minimum Gasteiger partial charge on any atom is -0.350 e. The fourth-order valence-electron chi connectivity index (χ4n) is 0.955. The highest BCUT2D eigenvalue weighted by Gasteiger charge is 2.20. The fourth-order valence-corrected chi connectivity index (χ4v) is 0.955. The second kappa shape index (κ2) is 5.50. The maximum absolute atomic E-state index is 11.6. The first-order valence-electron chi connectivity index (χ1n) is 5.78. The molecule has 0 unspecified atom stereocenters. The molecule has 0 saturated carbocycles. The van der Waals surface area contributed by atoms with Gasteiger partial charge in [0.25, 0.3) is 0 Å². The summed E-state index contributed by atoms with van der Waals surface area (Å²) in [5, 5.41) is 6.24. The van der Waals surface area contributed by atoms with Gasteiger partial charge in [-0.2, -0.15) is 0 Å². The summed E-state index contributed by atoms with van der Waals surface area (Å²) < 4.78 is 0. The van der Waals surface area contributed by atoms with Crippen molar-refractivity contribution in [1.82, 2.24) is 10.6 Å². The molecule has 90 valence electrons. The van der Waals surface area contributed by atoms with E-state index in [9.17, 15) is 4.79 Å². The number of hydrogen-bond acceptors (Lipinski definition) is 2. The third kappa shape index (κ3) is 6.50. The molecule has 0 radical (unpaired) electrons. The van der Waals surface area contributed by atoms with E-state index in [1.54, 1.807) is 0 Å². The lowest BCUT2D eigenvalue weighted by Crippen LogP contribution is -2.50. The molecular formula is C12H26N2O. The van der Waals surface area contributed by atoms with Gasteiger partial charge in [-0.1, -0.05) is 13.8 Å². The Labute approximate surface area is 94.0 Å². The highest BCUT2D eigenvalue weighted by Crippen LogP contribution is 2.08. The molecule has 0 heterocycles. The third-order valence-corrected chi connectivity index (χ3v) is 2.97. The van der Waals surface area contributed by atoms with E-state index in [4.69, 9.17) is 0 Å². The predicted molar refractivity (Wildman–Crippen MR) is 64.9 cm³/mol. The van der Waals surface area contributed by atoms with Crippen molar-refractivity contribution < 1.29 is 4.79 Å². The first-order valence-corrected chi connectivity index (χ1v) is 5.78. The van der Waals surface area contributed by atoms with Gasteiger partial charge in [0.1, 0.15) is 0 Å². The largest absolute Gasteiger partial charge is 0.350 e. The topological polar surface area (TPSA) is 41.1 Å². The van der Waals surface area contributed by atoms with Crippen molar-refractivity contribution in [3.63, 3.8) is 0 Å². The van der Waals surface area contributed by atoms with Gasteiger partial charge in [-0.25, -0.2) is 0 Å². The molecule has 0 aliphatic rings. The Morgan fingerprint density at radius 2 is 1.47 bits per heavy atom. The zero-order chi connectivity index (χ0) is 12.1. The molecule has 0 saturated heterocycles. The van der Waals surface area contributed by atoms with Gasteiger partial charge in [0.15, 0.2) is 0 Å². The molecule has 0 bridgehead atoms. The van der Waals surface area contributed by atoms with E-state index in [1.807, 2.05) is 13.8 Å². The highest BCUT2D eigenvalue weighted by molar-refractivity contribution is 5.78. The predicted octanol–water partition coefficient (Wildman–Crippen LogP) is 2.07. The number of hydrogen-bond donors (Lipinski definition) is 2. The minimum atomic E-state index is -0.102. The van der Waals surface area contributed by atoms with Gasteiger partial charge < -0.3 is 10.6 Å². The molecular weight excluding hydrogens is 188 g/mol. The zero-order valence-electron chi connectivity index (χ0n) is 11.0.